The van der Waals surface area contributed by atoms with Gasteiger partial charge in [-0.05, 0) is 68.8 Å². The minimum absolute atomic E-state index is 0.0274. The number of anilines is 1. The van der Waals surface area contributed by atoms with Gasteiger partial charge in [0, 0.05) is 29.5 Å². The van der Waals surface area contributed by atoms with E-state index in [2.05, 4.69) is 19.9 Å². The van der Waals surface area contributed by atoms with Gasteiger partial charge in [-0.15, -0.1) is 0 Å². The molecule has 0 radical (unpaired) electrons. The molecule has 2 saturated carbocycles. The van der Waals surface area contributed by atoms with Crippen LogP contribution in [0, 0.1) is 5.92 Å². The number of carbonyl (C=O) groups is 1. The number of hydrogen-bond donors (Lipinski definition) is 2. The van der Waals surface area contributed by atoms with E-state index in [1.807, 2.05) is 6.20 Å². The zero-order valence-electron chi connectivity index (χ0n) is 20.7. The molecule has 2 aliphatic carbocycles. The van der Waals surface area contributed by atoms with Gasteiger partial charge in [-0.1, -0.05) is 12.8 Å². The van der Waals surface area contributed by atoms with Crippen LogP contribution in [0.2, 0.25) is 0 Å². The smallest absolute Gasteiger partial charge is 0.392 e. The predicted octanol–water partition coefficient (Wildman–Crippen LogP) is 5.93. The van der Waals surface area contributed by atoms with E-state index in [9.17, 15) is 18.0 Å². The highest BCUT2D eigenvalue weighted by Crippen LogP contribution is 2.50. The first-order valence-corrected chi connectivity index (χ1v) is 13.5. The third-order valence-electron chi connectivity index (χ3n) is 8.90. The average molecular weight is 519 g/mol. The fourth-order valence-corrected chi connectivity index (χ4v) is 7.01. The molecular formula is C27H33F3N4O3. The van der Waals surface area contributed by atoms with Crippen molar-refractivity contribution >= 4 is 11.8 Å². The summed E-state index contributed by atoms with van der Waals surface area (Å²) in [4.78, 5) is 25.1. The monoisotopic (exact) mass is 518 g/mol. The lowest BCUT2D eigenvalue weighted by Gasteiger charge is -2.39. The van der Waals surface area contributed by atoms with Crippen LogP contribution in [-0.4, -0.2) is 50.4 Å². The number of fused-ring (bicyclic) bond motifs is 2. The van der Waals surface area contributed by atoms with Crippen LogP contribution in [0.4, 0.5) is 19.0 Å². The molecule has 37 heavy (non-hydrogen) atoms. The summed E-state index contributed by atoms with van der Waals surface area (Å²) in [6.45, 7) is 0.350. The molecular weight excluding hydrogens is 485 g/mol. The number of nitrogens with zero attached hydrogens (tertiary/aromatic N) is 3. The molecule has 2 aromatic heterocycles. The number of alkyl halides is 3. The average Bonchev–Trinajstić information content (AvgIpc) is 3.58. The van der Waals surface area contributed by atoms with Gasteiger partial charge in [0.1, 0.15) is 5.82 Å². The van der Waals surface area contributed by atoms with Gasteiger partial charge >= 0.3 is 12.1 Å². The van der Waals surface area contributed by atoms with E-state index in [1.165, 1.54) is 12.4 Å². The number of ether oxygens (including phenoxy) is 1. The Bertz CT molecular complexity index is 1120. The summed E-state index contributed by atoms with van der Waals surface area (Å²) in [5, 5.41) is 9.10. The molecule has 4 atom stereocenters. The van der Waals surface area contributed by atoms with E-state index in [0.29, 0.717) is 31.2 Å². The molecule has 0 aromatic carbocycles. The molecule has 0 spiro atoms. The second kappa shape index (κ2) is 9.60. The van der Waals surface area contributed by atoms with Crippen molar-refractivity contribution in [1.29, 1.82) is 0 Å². The number of rotatable bonds is 7. The summed E-state index contributed by atoms with van der Waals surface area (Å²) in [6.07, 6.45) is 8.54. The Morgan fingerprint density at radius 3 is 2.41 bits per heavy atom. The van der Waals surface area contributed by atoms with Crippen LogP contribution in [0.15, 0.2) is 18.6 Å². The second-order valence-electron chi connectivity index (χ2n) is 11.2. The molecule has 2 saturated heterocycles. The number of carboxylic acid groups (broad SMARTS) is 1. The molecule has 7 nitrogen and oxygen atoms in total. The number of piperidine rings is 1. The molecule has 4 heterocycles. The number of nitrogens with one attached hydrogen (secondary N) is 1. The summed E-state index contributed by atoms with van der Waals surface area (Å²) in [5.41, 5.74) is 2.79. The van der Waals surface area contributed by atoms with E-state index < -0.39 is 24.0 Å². The predicted molar refractivity (Wildman–Crippen MR) is 130 cm³/mol. The van der Waals surface area contributed by atoms with Gasteiger partial charge in [-0.2, -0.15) is 13.2 Å². The minimum atomic E-state index is -4.18. The number of H-pyrrole nitrogens is 1. The molecule has 10 heteroatoms. The topological polar surface area (TPSA) is 91.3 Å². The maximum atomic E-state index is 13.9. The molecule has 4 aliphatic rings. The van der Waals surface area contributed by atoms with Crippen LogP contribution in [0.5, 0.6) is 0 Å². The maximum absolute atomic E-state index is 13.9. The SMILES string of the molecule is O=C(O)c1cnc(N2C3CCC2CC(OCc2c([C@H]4CCCC[C@@H]4C(F)(F)F)c[nH]c2C2CC2)C3)cn1. The van der Waals surface area contributed by atoms with Crippen LogP contribution >= 0.6 is 0 Å². The molecule has 2 aliphatic heterocycles. The van der Waals surface area contributed by atoms with E-state index in [-0.39, 0.29) is 30.3 Å². The van der Waals surface area contributed by atoms with Crippen molar-refractivity contribution in [3.05, 3.63) is 41.1 Å². The highest BCUT2D eigenvalue weighted by Gasteiger charge is 2.47. The fourth-order valence-electron chi connectivity index (χ4n) is 7.01. The number of hydrogen-bond acceptors (Lipinski definition) is 5. The molecule has 200 valence electrons. The van der Waals surface area contributed by atoms with Gasteiger partial charge < -0.3 is 19.7 Å². The molecule has 2 aromatic rings. The van der Waals surface area contributed by atoms with E-state index >= 15 is 0 Å². The van der Waals surface area contributed by atoms with Gasteiger partial charge in [0.05, 0.1) is 31.0 Å². The van der Waals surface area contributed by atoms with Crippen molar-refractivity contribution < 1.29 is 27.8 Å². The van der Waals surface area contributed by atoms with Gasteiger partial charge in [0.25, 0.3) is 0 Å². The summed E-state index contributed by atoms with van der Waals surface area (Å²) >= 11 is 0. The first-order valence-electron chi connectivity index (χ1n) is 13.5. The number of halogens is 3. The molecule has 4 fully saturated rings. The van der Waals surface area contributed by atoms with Crippen LogP contribution < -0.4 is 4.90 Å². The molecule has 2 N–H and O–H groups in total. The van der Waals surface area contributed by atoms with E-state index in [4.69, 9.17) is 9.84 Å². The Morgan fingerprint density at radius 1 is 1.05 bits per heavy atom. The van der Waals surface area contributed by atoms with E-state index in [0.717, 1.165) is 61.8 Å². The second-order valence-corrected chi connectivity index (χ2v) is 11.2. The Hall–Kier alpha value is -2.62. The largest absolute Gasteiger partial charge is 0.476 e. The van der Waals surface area contributed by atoms with Crippen LogP contribution in [0.1, 0.15) is 103 Å². The van der Waals surface area contributed by atoms with Gasteiger partial charge in [-0.25, -0.2) is 14.8 Å². The van der Waals surface area contributed by atoms with Crippen molar-refractivity contribution in [2.24, 2.45) is 5.92 Å². The Balaban J connectivity index is 1.17. The number of carboxylic acids is 1. The van der Waals surface area contributed by atoms with Crippen LogP contribution in [0.25, 0.3) is 0 Å². The van der Waals surface area contributed by atoms with Gasteiger partial charge in [-0.3, -0.25) is 0 Å². The third kappa shape index (κ3) is 4.84. The third-order valence-corrected chi connectivity index (χ3v) is 8.90. The number of aromatic nitrogens is 3. The first kappa shape index (κ1) is 24.7. The lowest BCUT2D eigenvalue weighted by Crippen LogP contribution is -2.46. The zero-order chi connectivity index (χ0) is 25.7. The van der Waals surface area contributed by atoms with Gasteiger partial charge in [0.2, 0.25) is 0 Å². The highest BCUT2D eigenvalue weighted by molar-refractivity contribution is 5.84. The number of aromatic amines is 1. The summed E-state index contributed by atoms with van der Waals surface area (Å²) in [7, 11) is 0. The molecule has 2 bridgehead atoms. The maximum Gasteiger partial charge on any atom is 0.392 e. The van der Waals surface area contributed by atoms with Crippen LogP contribution in [-0.2, 0) is 11.3 Å². The molecule has 0 amide bonds. The highest BCUT2D eigenvalue weighted by atomic mass is 19.4. The Morgan fingerprint density at radius 2 is 1.78 bits per heavy atom. The first-order chi connectivity index (χ1) is 17.8. The summed E-state index contributed by atoms with van der Waals surface area (Å²) in [6, 6.07) is 0.463. The molecule has 6 rings (SSSR count). The quantitative estimate of drug-likeness (QED) is 0.472. The normalized spacial score (nSPS) is 30.0. The summed E-state index contributed by atoms with van der Waals surface area (Å²) < 4.78 is 48.2. The summed E-state index contributed by atoms with van der Waals surface area (Å²) in [5.74, 6) is -1.78. The Labute approximate surface area is 213 Å². The minimum Gasteiger partial charge on any atom is -0.476 e. The zero-order valence-corrected chi connectivity index (χ0v) is 20.7. The van der Waals surface area contributed by atoms with Gasteiger partial charge in [0.15, 0.2) is 5.69 Å². The van der Waals surface area contributed by atoms with Crippen LogP contribution in [0.3, 0.4) is 0 Å². The standard InChI is InChI=1S/C27H33F3N4O3/c28-27(29,30)22-4-2-1-3-19(22)20-11-33-25(15-5-6-15)21(20)14-37-18-9-16-7-8-17(10-18)34(16)24-13-31-23(12-32-24)26(35)36/h11-13,15-19,22,33H,1-10,14H2,(H,35,36)/t16?,17?,18?,19-,22+/m1/s1. The Kier molecular flexibility index (Phi) is 6.41. The van der Waals surface area contributed by atoms with Crippen molar-refractivity contribution in [1.82, 2.24) is 15.0 Å². The fraction of sp³-hybridized carbons (Fsp3) is 0.667. The lowest BCUT2D eigenvalue weighted by atomic mass is 9.74. The van der Waals surface area contributed by atoms with Crippen molar-refractivity contribution in [2.45, 2.75) is 107 Å². The van der Waals surface area contributed by atoms with E-state index in [1.54, 1.807) is 0 Å². The van der Waals surface area contributed by atoms with Crippen molar-refractivity contribution in [3.8, 4) is 0 Å². The van der Waals surface area contributed by atoms with Crippen molar-refractivity contribution in [3.63, 3.8) is 0 Å². The molecule has 2 unspecified atom stereocenters. The lowest BCUT2D eigenvalue weighted by molar-refractivity contribution is -0.187. The van der Waals surface area contributed by atoms with Crippen molar-refractivity contribution in [2.75, 3.05) is 4.90 Å². The number of aromatic carboxylic acids is 1.